The van der Waals surface area contributed by atoms with Gasteiger partial charge in [-0.25, -0.2) is 4.79 Å². The standard InChI is InChI=1S/C20H23NO4S/c1-13(15-5-3-2-4-6-15)17(12-26)19(23)21-18(20(24)25)11-14-7-9-16(22)10-8-14/h2-10,13,17-18,22,26H,11-12H2,1H3,(H,21,23)(H,24,25)/t13-,17-,18+/m1/s1. The molecule has 2 rings (SSSR count). The van der Waals surface area contributed by atoms with E-state index in [9.17, 15) is 19.8 Å². The number of aromatic hydroxyl groups is 1. The maximum atomic E-state index is 12.7. The minimum atomic E-state index is -1.10. The normalized spacial score (nSPS) is 14.2. The summed E-state index contributed by atoms with van der Waals surface area (Å²) < 4.78 is 0. The van der Waals surface area contributed by atoms with Gasteiger partial charge in [0.1, 0.15) is 11.8 Å². The first kappa shape index (κ1) is 19.8. The van der Waals surface area contributed by atoms with Gasteiger partial charge in [-0.1, -0.05) is 49.4 Å². The molecule has 3 N–H and O–H groups in total. The van der Waals surface area contributed by atoms with Gasteiger partial charge in [0.15, 0.2) is 0 Å². The van der Waals surface area contributed by atoms with E-state index in [1.165, 1.54) is 12.1 Å². The number of amides is 1. The number of carbonyl (C=O) groups excluding carboxylic acids is 1. The Hall–Kier alpha value is -2.47. The zero-order chi connectivity index (χ0) is 19.1. The van der Waals surface area contributed by atoms with Crippen molar-refractivity contribution in [1.82, 2.24) is 5.32 Å². The monoisotopic (exact) mass is 373 g/mol. The van der Waals surface area contributed by atoms with Gasteiger partial charge in [0.05, 0.1) is 5.92 Å². The molecule has 138 valence electrons. The number of hydrogen-bond donors (Lipinski definition) is 4. The second kappa shape index (κ2) is 9.29. The number of carboxylic acid groups (broad SMARTS) is 1. The summed E-state index contributed by atoms with van der Waals surface area (Å²) in [4.78, 5) is 24.3. The van der Waals surface area contributed by atoms with Crippen molar-refractivity contribution in [3.63, 3.8) is 0 Å². The summed E-state index contributed by atoms with van der Waals surface area (Å²) in [6.07, 6.45) is 0.139. The molecule has 0 spiro atoms. The van der Waals surface area contributed by atoms with Gasteiger partial charge in [-0.3, -0.25) is 4.79 Å². The number of aliphatic carboxylic acids is 1. The van der Waals surface area contributed by atoms with Crippen LogP contribution in [0.5, 0.6) is 5.75 Å². The lowest BCUT2D eigenvalue weighted by atomic mass is 9.88. The lowest BCUT2D eigenvalue weighted by Crippen LogP contribution is -2.46. The average Bonchev–Trinajstić information content (AvgIpc) is 2.64. The van der Waals surface area contributed by atoms with Crippen molar-refractivity contribution in [1.29, 1.82) is 0 Å². The number of nitrogens with one attached hydrogen (secondary N) is 1. The van der Waals surface area contributed by atoms with Crippen LogP contribution in [-0.4, -0.2) is 33.9 Å². The zero-order valence-corrected chi connectivity index (χ0v) is 15.4. The van der Waals surface area contributed by atoms with E-state index in [1.54, 1.807) is 12.1 Å². The van der Waals surface area contributed by atoms with Crippen LogP contribution >= 0.6 is 12.6 Å². The summed E-state index contributed by atoms with van der Waals surface area (Å²) >= 11 is 4.29. The fourth-order valence-electron chi connectivity index (χ4n) is 2.80. The number of carboxylic acids is 1. The summed E-state index contributed by atoms with van der Waals surface area (Å²) in [6, 6.07) is 14.8. The molecule has 0 unspecified atom stereocenters. The van der Waals surface area contributed by atoms with Gasteiger partial charge >= 0.3 is 5.97 Å². The number of phenolic OH excluding ortho intramolecular Hbond substituents is 1. The molecule has 0 aliphatic carbocycles. The number of rotatable bonds is 8. The minimum absolute atomic E-state index is 0.0863. The third-order valence-corrected chi connectivity index (χ3v) is 4.85. The van der Waals surface area contributed by atoms with Crippen LogP contribution in [0, 0.1) is 5.92 Å². The predicted octanol–water partition coefficient (Wildman–Crippen LogP) is 2.85. The fraction of sp³-hybridized carbons (Fsp3) is 0.300. The van der Waals surface area contributed by atoms with Crippen LogP contribution in [0.4, 0.5) is 0 Å². The van der Waals surface area contributed by atoms with Gasteiger partial charge in [0, 0.05) is 12.2 Å². The van der Waals surface area contributed by atoms with Crippen molar-refractivity contribution in [2.75, 3.05) is 5.75 Å². The van der Waals surface area contributed by atoms with E-state index < -0.39 is 17.9 Å². The SMILES string of the molecule is C[C@H](c1ccccc1)[C@@H](CS)C(=O)N[C@@H](Cc1ccc(O)cc1)C(=O)O. The molecule has 0 radical (unpaired) electrons. The van der Waals surface area contributed by atoms with Crippen molar-refractivity contribution in [2.24, 2.45) is 5.92 Å². The molecule has 0 aliphatic heterocycles. The molecule has 5 nitrogen and oxygen atoms in total. The highest BCUT2D eigenvalue weighted by atomic mass is 32.1. The third kappa shape index (κ3) is 5.26. The number of thiol groups is 1. The first-order valence-electron chi connectivity index (χ1n) is 8.39. The Morgan fingerprint density at radius 1 is 1.08 bits per heavy atom. The van der Waals surface area contributed by atoms with Crippen LogP contribution in [0.3, 0.4) is 0 Å². The van der Waals surface area contributed by atoms with Crippen LogP contribution in [0.15, 0.2) is 54.6 Å². The van der Waals surface area contributed by atoms with Crippen LogP contribution < -0.4 is 5.32 Å². The van der Waals surface area contributed by atoms with Gasteiger partial charge in [-0.05, 0) is 29.2 Å². The summed E-state index contributed by atoms with van der Waals surface area (Å²) in [5, 5.41) is 21.4. The number of carbonyl (C=O) groups is 2. The zero-order valence-electron chi connectivity index (χ0n) is 14.5. The molecule has 26 heavy (non-hydrogen) atoms. The molecule has 3 atom stereocenters. The van der Waals surface area contributed by atoms with Gasteiger partial charge in [0.25, 0.3) is 0 Å². The second-order valence-electron chi connectivity index (χ2n) is 6.26. The van der Waals surface area contributed by atoms with Gasteiger partial charge in [0.2, 0.25) is 5.91 Å². The number of hydrogen-bond acceptors (Lipinski definition) is 4. The maximum Gasteiger partial charge on any atom is 0.326 e. The first-order chi connectivity index (χ1) is 12.4. The molecule has 1 amide bonds. The summed E-state index contributed by atoms with van der Waals surface area (Å²) in [5.74, 6) is -1.54. The van der Waals surface area contributed by atoms with Gasteiger partial charge in [-0.2, -0.15) is 12.6 Å². The molecule has 0 fully saturated rings. The quantitative estimate of drug-likeness (QED) is 0.536. The molecule has 0 bridgehead atoms. The largest absolute Gasteiger partial charge is 0.508 e. The Kier molecular flexibility index (Phi) is 7.09. The Balaban J connectivity index is 2.09. The Bertz CT molecular complexity index is 733. The molecule has 0 saturated heterocycles. The molecule has 2 aromatic rings. The lowest BCUT2D eigenvalue weighted by molar-refractivity contribution is -0.142. The molecule has 0 aliphatic rings. The highest BCUT2D eigenvalue weighted by Gasteiger charge is 2.29. The summed E-state index contributed by atoms with van der Waals surface area (Å²) in [6.45, 7) is 1.94. The Labute approximate surface area is 158 Å². The van der Waals surface area contributed by atoms with E-state index in [2.05, 4.69) is 17.9 Å². The molecule has 0 heterocycles. The van der Waals surface area contributed by atoms with E-state index >= 15 is 0 Å². The van der Waals surface area contributed by atoms with E-state index in [1.807, 2.05) is 37.3 Å². The highest BCUT2D eigenvalue weighted by molar-refractivity contribution is 7.80. The topological polar surface area (TPSA) is 86.6 Å². The smallest absolute Gasteiger partial charge is 0.326 e. The fourth-order valence-corrected chi connectivity index (χ4v) is 3.29. The predicted molar refractivity (Wildman–Crippen MR) is 104 cm³/mol. The Morgan fingerprint density at radius 2 is 1.69 bits per heavy atom. The first-order valence-corrected chi connectivity index (χ1v) is 9.02. The van der Waals surface area contributed by atoms with Crippen molar-refractivity contribution in [2.45, 2.75) is 25.3 Å². The summed E-state index contributed by atoms with van der Waals surface area (Å²) in [5.41, 5.74) is 1.72. The van der Waals surface area contributed by atoms with Crippen LogP contribution in [0.2, 0.25) is 0 Å². The van der Waals surface area contributed by atoms with E-state index in [0.717, 1.165) is 5.56 Å². The molecule has 0 aromatic heterocycles. The van der Waals surface area contributed by atoms with Crippen LogP contribution in [0.1, 0.15) is 24.0 Å². The third-order valence-electron chi connectivity index (χ3n) is 4.45. The van der Waals surface area contributed by atoms with Crippen molar-refractivity contribution < 1.29 is 19.8 Å². The molecular weight excluding hydrogens is 350 g/mol. The Morgan fingerprint density at radius 3 is 2.23 bits per heavy atom. The molecule has 6 heteroatoms. The van der Waals surface area contributed by atoms with Gasteiger partial charge < -0.3 is 15.5 Å². The van der Waals surface area contributed by atoms with Gasteiger partial charge in [-0.15, -0.1) is 0 Å². The van der Waals surface area contributed by atoms with Crippen molar-refractivity contribution in [3.05, 3.63) is 65.7 Å². The van der Waals surface area contributed by atoms with E-state index in [-0.39, 0.29) is 24.0 Å². The number of phenols is 1. The van der Waals surface area contributed by atoms with Crippen molar-refractivity contribution in [3.8, 4) is 5.75 Å². The molecule has 0 saturated carbocycles. The molecular formula is C20H23NO4S. The number of benzene rings is 2. The van der Waals surface area contributed by atoms with E-state index in [0.29, 0.717) is 11.3 Å². The van der Waals surface area contributed by atoms with Crippen LogP contribution in [0.25, 0.3) is 0 Å². The van der Waals surface area contributed by atoms with Crippen LogP contribution in [-0.2, 0) is 16.0 Å². The van der Waals surface area contributed by atoms with Crippen molar-refractivity contribution >= 4 is 24.5 Å². The van der Waals surface area contributed by atoms with E-state index in [4.69, 9.17) is 0 Å². The maximum absolute atomic E-state index is 12.7. The molecule has 2 aromatic carbocycles. The summed E-state index contributed by atoms with van der Waals surface area (Å²) in [7, 11) is 0. The average molecular weight is 373 g/mol. The minimum Gasteiger partial charge on any atom is -0.508 e. The lowest BCUT2D eigenvalue weighted by Gasteiger charge is -2.24. The highest BCUT2D eigenvalue weighted by Crippen LogP contribution is 2.25. The second-order valence-corrected chi connectivity index (χ2v) is 6.62.